The average molecular weight is 454 g/mol. The van der Waals surface area contributed by atoms with Gasteiger partial charge in [-0.3, -0.25) is 4.98 Å². The second-order valence-corrected chi connectivity index (χ2v) is 8.83. The van der Waals surface area contributed by atoms with Gasteiger partial charge >= 0.3 is 0 Å². The summed E-state index contributed by atoms with van der Waals surface area (Å²) in [5.41, 5.74) is 0.483. The molecule has 4 aromatic rings. The number of halogens is 3. The number of benzene rings is 2. The standard InChI is InChI=1S/C24H22ClF2N5/c1-32(2)24(10-5-11-24)13-29-22-16-12-28-20(19(27)21(16)30-23(25)31-22)15-8-3-6-14-7-4-9-17(26)18(14)15/h3-4,6-9,12H,5,10-11,13H2,1-2H3,(H,29,30,31). The molecular formula is C24H22ClF2N5. The van der Waals surface area contributed by atoms with Crippen molar-refractivity contribution in [1.29, 1.82) is 0 Å². The highest BCUT2D eigenvalue weighted by Crippen LogP contribution is 2.38. The Balaban J connectivity index is 1.61. The molecule has 0 aliphatic heterocycles. The number of hydrogen-bond acceptors (Lipinski definition) is 5. The highest BCUT2D eigenvalue weighted by atomic mass is 35.5. The van der Waals surface area contributed by atoms with Gasteiger partial charge in [-0.1, -0.05) is 30.3 Å². The van der Waals surface area contributed by atoms with Crippen LogP contribution in [0.1, 0.15) is 19.3 Å². The predicted octanol–water partition coefficient (Wildman–Crippen LogP) is 5.67. The van der Waals surface area contributed by atoms with Gasteiger partial charge in [0.1, 0.15) is 22.8 Å². The Labute approximate surface area is 189 Å². The van der Waals surface area contributed by atoms with Crippen LogP contribution in [0.4, 0.5) is 14.6 Å². The van der Waals surface area contributed by atoms with E-state index in [1.807, 2.05) is 0 Å². The topological polar surface area (TPSA) is 53.9 Å². The lowest BCUT2D eigenvalue weighted by molar-refractivity contribution is 0.0738. The van der Waals surface area contributed by atoms with Crippen molar-refractivity contribution in [3.63, 3.8) is 0 Å². The van der Waals surface area contributed by atoms with Crippen LogP contribution in [-0.2, 0) is 0 Å². The molecule has 2 aromatic heterocycles. The number of fused-ring (bicyclic) bond motifs is 2. The first-order valence-corrected chi connectivity index (χ1v) is 10.9. The van der Waals surface area contributed by atoms with Crippen molar-refractivity contribution < 1.29 is 8.78 Å². The highest BCUT2D eigenvalue weighted by molar-refractivity contribution is 6.28. The molecule has 5 nitrogen and oxygen atoms in total. The monoisotopic (exact) mass is 453 g/mol. The van der Waals surface area contributed by atoms with Crippen LogP contribution in [0.2, 0.25) is 5.28 Å². The van der Waals surface area contributed by atoms with Crippen molar-refractivity contribution in [2.24, 2.45) is 0 Å². The summed E-state index contributed by atoms with van der Waals surface area (Å²) >= 11 is 6.16. The zero-order valence-electron chi connectivity index (χ0n) is 17.8. The van der Waals surface area contributed by atoms with Gasteiger partial charge in [0, 0.05) is 29.2 Å². The Morgan fingerprint density at radius 1 is 1.09 bits per heavy atom. The van der Waals surface area contributed by atoms with Gasteiger partial charge in [0.15, 0.2) is 5.82 Å². The molecule has 1 N–H and O–H groups in total. The van der Waals surface area contributed by atoms with Crippen LogP contribution in [0.5, 0.6) is 0 Å². The van der Waals surface area contributed by atoms with E-state index in [9.17, 15) is 4.39 Å². The van der Waals surface area contributed by atoms with Gasteiger partial charge in [0.05, 0.1) is 5.39 Å². The normalized spacial score (nSPS) is 15.3. The number of anilines is 1. The Kier molecular flexibility index (Phi) is 5.18. The number of pyridine rings is 1. The van der Waals surface area contributed by atoms with Crippen molar-refractivity contribution in [1.82, 2.24) is 19.9 Å². The van der Waals surface area contributed by atoms with Crippen LogP contribution >= 0.6 is 11.6 Å². The summed E-state index contributed by atoms with van der Waals surface area (Å²) in [5.74, 6) is -0.649. The molecule has 1 aliphatic rings. The first kappa shape index (κ1) is 21.0. The molecule has 2 heterocycles. The van der Waals surface area contributed by atoms with E-state index in [-0.39, 0.29) is 22.0 Å². The van der Waals surface area contributed by atoms with Crippen molar-refractivity contribution in [2.45, 2.75) is 24.8 Å². The molecule has 164 valence electrons. The first-order chi connectivity index (χ1) is 15.4. The summed E-state index contributed by atoms with van der Waals surface area (Å²) in [6, 6.07) is 9.95. The number of nitrogens with one attached hydrogen (secondary N) is 1. The quantitative estimate of drug-likeness (QED) is 0.394. The maximum Gasteiger partial charge on any atom is 0.225 e. The number of likely N-dealkylation sites (N-methyl/N-ethyl adjacent to an activating group) is 1. The van der Waals surface area contributed by atoms with E-state index in [4.69, 9.17) is 11.6 Å². The predicted molar refractivity (Wildman–Crippen MR) is 124 cm³/mol. The van der Waals surface area contributed by atoms with Gasteiger partial charge in [-0.05, 0) is 56.4 Å². The summed E-state index contributed by atoms with van der Waals surface area (Å²) in [5, 5.41) is 4.69. The molecule has 0 amide bonds. The third-order valence-electron chi connectivity index (χ3n) is 6.58. The molecule has 0 spiro atoms. The zero-order chi connectivity index (χ0) is 22.5. The summed E-state index contributed by atoms with van der Waals surface area (Å²) in [6.07, 6.45) is 4.85. The molecular weight excluding hydrogens is 432 g/mol. The lowest BCUT2D eigenvalue weighted by Crippen LogP contribution is -2.54. The fourth-order valence-electron chi connectivity index (χ4n) is 4.46. The van der Waals surface area contributed by atoms with Crippen molar-refractivity contribution >= 4 is 39.1 Å². The fourth-order valence-corrected chi connectivity index (χ4v) is 4.63. The van der Waals surface area contributed by atoms with Crippen molar-refractivity contribution in [2.75, 3.05) is 26.0 Å². The van der Waals surface area contributed by atoms with Gasteiger partial charge < -0.3 is 10.2 Å². The minimum Gasteiger partial charge on any atom is -0.367 e. The summed E-state index contributed by atoms with van der Waals surface area (Å²) in [4.78, 5) is 15.0. The molecule has 0 bridgehead atoms. The van der Waals surface area contributed by atoms with Gasteiger partial charge in [0.2, 0.25) is 5.28 Å². The van der Waals surface area contributed by atoms with Crippen LogP contribution in [0.3, 0.4) is 0 Å². The maximum atomic E-state index is 15.7. The van der Waals surface area contributed by atoms with E-state index < -0.39 is 11.6 Å². The molecule has 8 heteroatoms. The van der Waals surface area contributed by atoms with Crippen LogP contribution in [-0.4, -0.2) is 46.0 Å². The number of rotatable bonds is 5. The van der Waals surface area contributed by atoms with Gasteiger partial charge in [-0.15, -0.1) is 0 Å². The lowest BCUT2D eigenvalue weighted by atomic mass is 9.75. The molecule has 0 radical (unpaired) electrons. The molecule has 0 atom stereocenters. The third-order valence-corrected chi connectivity index (χ3v) is 6.75. The Morgan fingerprint density at radius 2 is 1.84 bits per heavy atom. The average Bonchev–Trinajstić information content (AvgIpc) is 2.73. The molecule has 1 aliphatic carbocycles. The zero-order valence-corrected chi connectivity index (χ0v) is 18.5. The Hall–Kier alpha value is -2.90. The minimum absolute atomic E-state index is 0.0256. The molecule has 2 aromatic carbocycles. The van der Waals surface area contributed by atoms with E-state index in [0.717, 1.165) is 12.8 Å². The van der Waals surface area contributed by atoms with Crippen LogP contribution in [0, 0.1) is 11.6 Å². The first-order valence-electron chi connectivity index (χ1n) is 10.5. The number of aromatic nitrogens is 3. The molecule has 5 rings (SSSR count). The highest BCUT2D eigenvalue weighted by Gasteiger charge is 2.39. The van der Waals surface area contributed by atoms with Crippen molar-refractivity contribution in [3.8, 4) is 11.3 Å². The number of nitrogens with zero attached hydrogens (tertiary/aromatic N) is 4. The fraction of sp³-hybridized carbons (Fsp3) is 0.292. The van der Waals surface area contributed by atoms with Crippen LogP contribution in [0.25, 0.3) is 32.9 Å². The summed E-state index contributed by atoms with van der Waals surface area (Å²) in [6.45, 7) is 0.653. The van der Waals surface area contributed by atoms with E-state index in [0.29, 0.717) is 34.1 Å². The van der Waals surface area contributed by atoms with E-state index in [1.165, 1.54) is 18.7 Å². The molecule has 32 heavy (non-hydrogen) atoms. The van der Waals surface area contributed by atoms with E-state index in [2.05, 4.69) is 39.3 Å². The Bertz CT molecular complexity index is 1330. The molecule has 1 saturated carbocycles. The van der Waals surface area contributed by atoms with Crippen LogP contribution in [0.15, 0.2) is 42.6 Å². The molecule has 1 fully saturated rings. The van der Waals surface area contributed by atoms with Crippen molar-refractivity contribution in [3.05, 3.63) is 59.5 Å². The van der Waals surface area contributed by atoms with Gasteiger partial charge in [-0.2, -0.15) is 0 Å². The van der Waals surface area contributed by atoms with E-state index >= 15 is 4.39 Å². The molecule has 0 unspecified atom stereocenters. The summed E-state index contributed by atoms with van der Waals surface area (Å²) in [7, 11) is 4.12. The largest absolute Gasteiger partial charge is 0.367 e. The van der Waals surface area contributed by atoms with Gasteiger partial charge in [-0.25, -0.2) is 18.7 Å². The maximum absolute atomic E-state index is 15.7. The SMILES string of the molecule is CN(C)C1(CNc2nc(Cl)nc3c(F)c(-c4cccc5cccc(F)c45)ncc23)CCC1. The van der Waals surface area contributed by atoms with E-state index in [1.54, 1.807) is 30.3 Å². The second-order valence-electron chi connectivity index (χ2n) is 8.49. The lowest BCUT2D eigenvalue weighted by Gasteiger charge is -2.47. The smallest absolute Gasteiger partial charge is 0.225 e. The van der Waals surface area contributed by atoms with Crippen LogP contribution < -0.4 is 5.32 Å². The minimum atomic E-state index is -0.656. The molecule has 0 saturated heterocycles. The Morgan fingerprint density at radius 3 is 2.53 bits per heavy atom. The third kappa shape index (κ3) is 3.36. The van der Waals surface area contributed by atoms with Gasteiger partial charge in [0.25, 0.3) is 0 Å². The summed E-state index contributed by atoms with van der Waals surface area (Å²) < 4.78 is 30.3. The second kappa shape index (κ2) is 7.90. The number of hydrogen-bond donors (Lipinski definition) is 1.